The number of nitrogens with zero attached hydrogens (tertiary/aromatic N) is 1. The Labute approximate surface area is 185 Å². The highest BCUT2D eigenvalue weighted by Crippen LogP contribution is 2.62. The molecule has 0 heterocycles. The van der Waals surface area contributed by atoms with Gasteiger partial charge in [0.15, 0.2) is 0 Å². The monoisotopic (exact) mass is 471 g/mol. The Morgan fingerprint density at radius 3 is 2.32 bits per heavy atom. The number of fused-ring (bicyclic) bond motifs is 2. The van der Waals surface area contributed by atoms with Crippen molar-refractivity contribution < 1.29 is 21.6 Å². The molecule has 0 spiro atoms. The van der Waals surface area contributed by atoms with Crippen molar-refractivity contribution in [2.75, 3.05) is 25.2 Å². The summed E-state index contributed by atoms with van der Waals surface area (Å²) >= 11 is 0. The van der Waals surface area contributed by atoms with Gasteiger partial charge in [0.1, 0.15) is 4.90 Å². The zero-order valence-electron chi connectivity index (χ0n) is 19.0. The van der Waals surface area contributed by atoms with E-state index in [9.17, 15) is 21.6 Å². The molecule has 0 aliphatic heterocycles. The predicted molar refractivity (Wildman–Crippen MR) is 121 cm³/mol. The Morgan fingerprint density at radius 1 is 1.19 bits per heavy atom. The fourth-order valence-corrected chi connectivity index (χ4v) is 9.07. The molecule has 2 aliphatic rings. The zero-order valence-corrected chi connectivity index (χ0v) is 20.7. The standard InChI is InChI=1S/C21H33N3O5S2/c1-7-24(30(6,26)27)31(28,29)17-12-14(8-9-16(17)22-5)18(25)23-19-20(2,3)15-10-11-21(19,4)13-15/h8-9,12,15,19,22H,7,10-11,13H2,1-6H3,(H,23,25). The summed E-state index contributed by atoms with van der Waals surface area (Å²) in [6.45, 7) is 7.78. The Bertz CT molecular complexity index is 1090. The molecule has 2 fully saturated rings. The van der Waals surface area contributed by atoms with Crippen LogP contribution in [-0.2, 0) is 20.0 Å². The first-order valence-corrected chi connectivity index (χ1v) is 13.8. The van der Waals surface area contributed by atoms with E-state index in [2.05, 4.69) is 31.4 Å². The van der Waals surface area contributed by atoms with Gasteiger partial charge in [-0.25, -0.2) is 16.8 Å². The van der Waals surface area contributed by atoms with Crippen LogP contribution in [0.3, 0.4) is 0 Å². The van der Waals surface area contributed by atoms with Gasteiger partial charge in [-0.3, -0.25) is 4.79 Å². The lowest BCUT2D eigenvalue weighted by atomic mass is 9.68. The number of anilines is 1. The van der Waals surface area contributed by atoms with Gasteiger partial charge < -0.3 is 10.6 Å². The van der Waals surface area contributed by atoms with E-state index in [1.54, 1.807) is 13.1 Å². The second kappa shape index (κ2) is 7.74. The van der Waals surface area contributed by atoms with Gasteiger partial charge in [0.25, 0.3) is 15.9 Å². The average Bonchev–Trinajstić information content (AvgIpc) is 3.14. The number of nitrogens with one attached hydrogen (secondary N) is 2. The van der Waals surface area contributed by atoms with Crippen molar-refractivity contribution in [3.8, 4) is 0 Å². The van der Waals surface area contributed by atoms with E-state index in [1.165, 1.54) is 19.1 Å². The zero-order chi connectivity index (χ0) is 23.4. The second-order valence-corrected chi connectivity index (χ2v) is 13.6. The van der Waals surface area contributed by atoms with Gasteiger partial charge >= 0.3 is 0 Å². The normalized spacial score (nSPS) is 27.5. The van der Waals surface area contributed by atoms with Crippen LogP contribution >= 0.6 is 0 Å². The summed E-state index contributed by atoms with van der Waals surface area (Å²) in [4.78, 5) is 12.9. The maximum absolute atomic E-state index is 13.2. The highest BCUT2D eigenvalue weighted by molar-refractivity contribution is 8.03. The first kappa shape index (κ1) is 24.0. The number of hydrogen-bond acceptors (Lipinski definition) is 6. The van der Waals surface area contributed by atoms with Crippen molar-refractivity contribution in [2.24, 2.45) is 16.7 Å². The highest BCUT2D eigenvalue weighted by atomic mass is 32.3. The summed E-state index contributed by atoms with van der Waals surface area (Å²) < 4.78 is 50.8. The molecule has 3 atom stereocenters. The van der Waals surface area contributed by atoms with Crippen LogP contribution < -0.4 is 10.6 Å². The molecular weight excluding hydrogens is 438 g/mol. The molecule has 10 heteroatoms. The van der Waals surface area contributed by atoms with Crippen molar-refractivity contribution in [3.05, 3.63) is 23.8 Å². The number of amides is 1. The Hall–Kier alpha value is -1.65. The molecule has 2 N–H and O–H groups in total. The molecule has 3 unspecified atom stereocenters. The molecule has 0 saturated heterocycles. The Balaban J connectivity index is 1.98. The number of sulfonamides is 2. The van der Waals surface area contributed by atoms with Crippen LogP contribution in [0.25, 0.3) is 0 Å². The van der Waals surface area contributed by atoms with Gasteiger partial charge in [-0.05, 0) is 54.2 Å². The van der Waals surface area contributed by atoms with Gasteiger partial charge in [0.2, 0.25) is 10.0 Å². The highest BCUT2D eigenvalue weighted by Gasteiger charge is 2.59. The summed E-state index contributed by atoms with van der Waals surface area (Å²) in [7, 11) is -6.84. The fraction of sp³-hybridized carbons (Fsp3) is 0.667. The van der Waals surface area contributed by atoms with E-state index < -0.39 is 20.0 Å². The number of carbonyl (C=O) groups excluding carboxylic acids is 1. The molecule has 2 saturated carbocycles. The van der Waals surface area contributed by atoms with Gasteiger partial charge in [0.05, 0.1) is 11.9 Å². The van der Waals surface area contributed by atoms with E-state index in [0.29, 0.717) is 9.63 Å². The molecule has 8 nitrogen and oxygen atoms in total. The molecular formula is C21H33N3O5S2. The van der Waals surface area contributed by atoms with Crippen LogP contribution in [0, 0.1) is 16.7 Å². The second-order valence-electron chi connectivity index (χ2n) is 9.64. The van der Waals surface area contributed by atoms with Crippen molar-refractivity contribution in [2.45, 2.75) is 57.9 Å². The van der Waals surface area contributed by atoms with E-state index in [1.807, 2.05) is 0 Å². The Kier molecular flexibility index (Phi) is 5.99. The van der Waals surface area contributed by atoms with Gasteiger partial charge in [-0.2, -0.15) is 0 Å². The third-order valence-corrected chi connectivity index (χ3v) is 11.3. The van der Waals surface area contributed by atoms with E-state index in [0.717, 1.165) is 25.5 Å². The quantitative estimate of drug-likeness (QED) is 0.632. The molecule has 1 aromatic carbocycles. The van der Waals surface area contributed by atoms with Crippen LogP contribution in [0.5, 0.6) is 0 Å². The molecule has 2 aliphatic carbocycles. The smallest absolute Gasteiger partial charge is 0.258 e. The summed E-state index contributed by atoms with van der Waals surface area (Å²) in [5, 5.41) is 5.94. The molecule has 174 valence electrons. The predicted octanol–water partition coefficient (Wildman–Crippen LogP) is 2.64. The van der Waals surface area contributed by atoms with Crippen molar-refractivity contribution in [1.82, 2.24) is 9.03 Å². The van der Waals surface area contributed by atoms with Crippen molar-refractivity contribution >= 4 is 31.6 Å². The lowest BCUT2D eigenvalue weighted by Crippen LogP contribution is -2.52. The minimum absolute atomic E-state index is 0.0153. The average molecular weight is 472 g/mol. The molecule has 0 radical (unpaired) electrons. The lowest BCUT2D eigenvalue weighted by Gasteiger charge is -2.43. The third-order valence-electron chi connectivity index (χ3n) is 7.23. The maximum Gasteiger partial charge on any atom is 0.258 e. The topological polar surface area (TPSA) is 113 Å². The number of carbonyl (C=O) groups is 1. The summed E-state index contributed by atoms with van der Waals surface area (Å²) in [5.41, 5.74) is 0.395. The molecule has 1 aromatic rings. The maximum atomic E-state index is 13.2. The van der Waals surface area contributed by atoms with E-state index >= 15 is 0 Å². The van der Waals surface area contributed by atoms with Crippen LogP contribution in [0.2, 0.25) is 0 Å². The van der Waals surface area contributed by atoms with E-state index in [4.69, 9.17) is 0 Å². The van der Waals surface area contributed by atoms with Gasteiger partial charge in [0, 0.05) is 25.2 Å². The first-order valence-electron chi connectivity index (χ1n) is 10.5. The number of rotatable bonds is 7. The van der Waals surface area contributed by atoms with Crippen LogP contribution in [0.1, 0.15) is 57.3 Å². The number of hydrogen-bond donors (Lipinski definition) is 2. The van der Waals surface area contributed by atoms with Gasteiger partial charge in [-0.1, -0.05) is 31.4 Å². The Morgan fingerprint density at radius 2 is 1.84 bits per heavy atom. The van der Waals surface area contributed by atoms with Crippen LogP contribution in [0.4, 0.5) is 5.69 Å². The largest absolute Gasteiger partial charge is 0.387 e. The van der Waals surface area contributed by atoms with Crippen molar-refractivity contribution in [1.29, 1.82) is 0 Å². The number of benzene rings is 1. The minimum atomic E-state index is -4.38. The lowest BCUT2D eigenvalue weighted by molar-refractivity contribution is 0.0737. The van der Waals surface area contributed by atoms with Crippen molar-refractivity contribution in [3.63, 3.8) is 0 Å². The van der Waals surface area contributed by atoms with Crippen LogP contribution in [0.15, 0.2) is 23.1 Å². The molecule has 2 bridgehead atoms. The molecule has 0 aromatic heterocycles. The SMILES string of the molecule is CCN(S(C)(=O)=O)S(=O)(=O)c1cc(C(=O)NC2C3(C)CCC(C3)C2(C)C)ccc1NC. The summed E-state index contributed by atoms with van der Waals surface area (Å²) in [5.74, 6) is 0.201. The van der Waals surface area contributed by atoms with Gasteiger partial charge in [-0.15, -0.1) is 0 Å². The van der Waals surface area contributed by atoms with E-state index in [-0.39, 0.29) is 45.5 Å². The summed E-state index contributed by atoms with van der Waals surface area (Å²) in [6.07, 6.45) is 4.14. The fourth-order valence-electron chi connectivity index (χ4n) is 5.65. The molecule has 1 amide bonds. The molecule has 31 heavy (non-hydrogen) atoms. The van der Waals surface area contributed by atoms with Crippen LogP contribution in [-0.4, -0.2) is 52.3 Å². The first-order chi connectivity index (χ1) is 14.2. The minimum Gasteiger partial charge on any atom is -0.387 e. The molecule has 3 rings (SSSR count). The summed E-state index contributed by atoms with van der Waals surface area (Å²) in [6, 6.07) is 4.29. The third kappa shape index (κ3) is 3.98.